The van der Waals surface area contributed by atoms with E-state index in [4.69, 9.17) is 9.84 Å². The van der Waals surface area contributed by atoms with Crippen LogP contribution in [-0.2, 0) is 14.3 Å². The van der Waals surface area contributed by atoms with E-state index < -0.39 is 11.5 Å². The SMILES string of the molecule is CC1CN(C(=O)CN(C)C(C)(C)C(=O)O)CCO1. The van der Waals surface area contributed by atoms with E-state index in [2.05, 4.69) is 0 Å². The smallest absolute Gasteiger partial charge is 0.323 e. The number of carbonyl (C=O) groups is 2. The van der Waals surface area contributed by atoms with Gasteiger partial charge >= 0.3 is 5.97 Å². The predicted octanol–water partition coefficient (Wildman–Crippen LogP) is 0.0287. The van der Waals surface area contributed by atoms with Crippen LogP contribution in [0.4, 0.5) is 0 Å². The summed E-state index contributed by atoms with van der Waals surface area (Å²) in [6, 6.07) is 0. The van der Waals surface area contributed by atoms with Crippen LogP contribution in [0.5, 0.6) is 0 Å². The fourth-order valence-electron chi connectivity index (χ4n) is 1.71. The van der Waals surface area contributed by atoms with Gasteiger partial charge in [-0.3, -0.25) is 14.5 Å². The standard InChI is InChI=1S/C12H22N2O4/c1-9-7-14(5-6-18-9)10(15)8-13(4)12(2,3)11(16)17/h9H,5-8H2,1-4H3,(H,16,17). The molecule has 0 spiro atoms. The average molecular weight is 258 g/mol. The minimum Gasteiger partial charge on any atom is -0.480 e. The minimum atomic E-state index is -1.05. The number of hydrogen-bond acceptors (Lipinski definition) is 4. The largest absolute Gasteiger partial charge is 0.480 e. The first-order chi connectivity index (χ1) is 8.25. The lowest BCUT2D eigenvalue weighted by molar-refractivity contribution is -0.151. The molecule has 0 aromatic carbocycles. The Balaban J connectivity index is 2.56. The highest BCUT2D eigenvalue weighted by Crippen LogP contribution is 2.13. The van der Waals surface area contributed by atoms with Gasteiger partial charge in [0.05, 0.1) is 19.3 Å². The molecule has 1 amide bonds. The molecule has 1 unspecified atom stereocenters. The lowest BCUT2D eigenvalue weighted by atomic mass is 10.0. The highest BCUT2D eigenvalue weighted by molar-refractivity contribution is 5.81. The Bertz CT molecular complexity index is 330. The van der Waals surface area contributed by atoms with Crippen molar-refractivity contribution < 1.29 is 19.4 Å². The lowest BCUT2D eigenvalue weighted by Gasteiger charge is -2.35. The molecule has 0 aromatic heterocycles. The molecule has 1 atom stereocenters. The highest BCUT2D eigenvalue weighted by atomic mass is 16.5. The van der Waals surface area contributed by atoms with Gasteiger partial charge in [-0.25, -0.2) is 0 Å². The van der Waals surface area contributed by atoms with Crippen LogP contribution in [0.15, 0.2) is 0 Å². The third-order valence-corrected chi connectivity index (χ3v) is 3.44. The van der Waals surface area contributed by atoms with Crippen LogP contribution in [0.2, 0.25) is 0 Å². The Hall–Kier alpha value is -1.14. The Kier molecular flexibility index (Phi) is 4.70. The molecule has 1 aliphatic heterocycles. The first-order valence-electron chi connectivity index (χ1n) is 6.09. The number of likely N-dealkylation sites (N-methyl/N-ethyl adjacent to an activating group) is 1. The summed E-state index contributed by atoms with van der Waals surface area (Å²) in [5, 5.41) is 9.09. The normalized spacial score (nSPS) is 21.2. The fraction of sp³-hybridized carbons (Fsp3) is 0.833. The number of ether oxygens (including phenoxy) is 1. The Morgan fingerprint density at radius 3 is 2.61 bits per heavy atom. The number of carboxylic acid groups (broad SMARTS) is 1. The van der Waals surface area contributed by atoms with Gasteiger partial charge in [0.25, 0.3) is 0 Å². The van der Waals surface area contributed by atoms with Gasteiger partial charge in [0.2, 0.25) is 5.91 Å². The molecule has 1 rings (SSSR count). The molecule has 104 valence electrons. The molecule has 0 bridgehead atoms. The van der Waals surface area contributed by atoms with Gasteiger partial charge in [-0.05, 0) is 27.8 Å². The second-order valence-electron chi connectivity index (χ2n) is 5.24. The molecule has 18 heavy (non-hydrogen) atoms. The van der Waals surface area contributed by atoms with E-state index in [0.717, 1.165) is 0 Å². The fourth-order valence-corrected chi connectivity index (χ4v) is 1.71. The number of carbonyl (C=O) groups excluding carboxylic acids is 1. The zero-order valence-corrected chi connectivity index (χ0v) is 11.5. The van der Waals surface area contributed by atoms with E-state index in [-0.39, 0.29) is 18.6 Å². The van der Waals surface area contributed by atoms with Crippen molar-refractivity contribution in [1.82, 2.24) is 9.80 Å². The molecule has 1 saturated heterocycles. The number of nitrogens with zero attached hydrogens (tertiary/aromatic N) is 2. The molecule has 1 fully saturated rings. The van der Waals surface area contributed by atoms with Crippen LogP contribution in [0, 0.1) is 0 Å². The monoisotopic (exact) mass is 258 g/mol. The van der Waals surface area contributed by atoms with E-state index >= 15 is 0 Å². The van der Waals surface area contributed by atoms with Crippen LogP contribution >= 0.6 is 0 Å². The molecule has 6 heteroatoms. The molecular weight excluding hydrogens is 236 g/mol. The third kappa shape index (κ3) is 3.43. The van der Waals surface area contributed by atoms with E-state index in [0.29, 0.717) is 19.7 Å². The van der Waals surface area contributed by atoms with Crippen molar-refractivity contribution >= 4 is 11.9 Å². The summed E-state index contributed by atoms with van der Waals surface area (Å²) in [5.74, 6) is -0.991. The lowest BCUT2D eigenvalue weighted by Crippen LogP contribution is -2.54. The summed E-state index contributed by atoms with van der Waals surface area (Å²) in [4.78, 5) is 26.4. The summed E-state index contributed by atoms with van der Waals surface area (Å²) in [5.41, 5.74) is -1.05. The van der Waals surface area contributed by atoms with Gasteiger partial charge in [0.1, 0.15) is 5.54 Å². The van der Waals surface area contributed by atoms with Gasteiger partial charge in [0, 0.05) is 13.1 Å². The van der Waals surface area contributed by atoms with Crippen molar-refractivity contribution in [2.45, 2.75) is 32.4 Å². The van der Waals surface area contributed by atoms with E-state index in [9.17, 15) is 9.59 Å². The topological polar surface area (TPSA) is 70.1 Å². The Morgan fingerprint density at radius 1 is 1.50 bits per heavy atom. The number of aliphatic carboxylic acids is 1. The van der Waals surface area contributed by atoms with E-state index in [1.807, 2.05) is 6.92 Å². The van der Waals surface area contributed by atoms with Crippen molar-refractivity contribution in [2.75, 3.05) is 33.3 Å². The summed E-state index contributed by atoms with van der Waals surface area (Å²) < 4.78 is 5.37. The quantitative estimate of drug-likeness (QED) is 0.770. The predicted molar refractivity (Wildman–Crippen MR) is 66.3 cm³/mol. The van der Waals surface area contributed by atoms with Crippen molar-refractivity contribution in [3.8, 4) is 0 Å². The van der Waals surface area contributed by atoms with Crippen molar-refractivity contribution in [3.63, 3.8) is 0 Å². The first kappa shape index (κ1) is 14.9. The van der Waals surface area contributed by atoms with Crippen molar-refractivity contribution in [1.29, 1.82) is 0 Å². The molecule has 0 saturated carbocycles. The van der Waals surface area contributed by atoms with Gasteiger partial charge in [0.15, 0.2) is 0 Å². The second kappa shape index (κ2) is 5.67. The highest BCUT2D eigenvalue weighted by Gasteiger charge is 2.34. The summed E-state index contributed by atoms with van der Waals surface area (Å²) >= 11 is 0. The maximum atomic E-state index is 12.1. The molecule has 1 aliphatic rings. The number of hydrogen-bond donors (Lipinski definition) is 1. The van der Waals surface area contributed by atoms with Crippen LogP contribution in [0.1, 0.15) is 20.8 Å². The molecule has 0 aliphatic carbocycles. The summed E-state index contributed by atoms with van der Waals surface area (Å²) in [6.45, 7) is 6.88. The average Bonchev–Trinajstić information content (AvgIpc) is 2.28. The van der Waals surface area contributed by atoms with Crippen molar-refractivity contribution in [2.24, 2.45) is 0 Å². The molecule has 6 nitrogen and oxygen atoms in total. The molecule has 1 N–H and O–H groups in total. The molecule has 0 radical (unpaired) electrons. The maximum Gasteiger partial charge on any atom is 0.323 e. The van der Waals surface area contributed by atoms with Crippen LogP contribution < -0.4 is 0 Å². The zero-order chi connectivity index (χ0) is 13.9. The van der Waals surface area contributed by atoms with Crippen molar-refractivity contribution in [3.05, 3.63) is 0 Å². The number of rotatable bonds is 4. The minimum absolute atomic E-state index is 0.0421. The maximum absolute atomic E-state index is 12.1. The van der Waals surface area contributed by atoms with Crippen LogP contribution in [-0.4, -0.2) is 71.7 Å². The second-order valence-corrected chi connectivity index (χ2v) is 5.24. The van der Waals surface area contributed by atoms with Gasteiger partial charge in [-0.2, -0.15) is 0 Å². The number of carboxylic acids is 1. The Labute approximate surface area is 107 Å². The van der Waals surface area contributed by atoms with Crippen LogP contribution in [0.25, 0.3) is 0 Å². The zero-order valence-electron chi connectivity index (χ0n) is 11.5. The van der Waals surface area contributed by atoms with E-state index in [1.54, 1.807) is 30.7 Å². The summed E-state index contributed by atoms with van der Waals surface area (Å²) in [6.07, 6.45) is 0.0421. The van der Waals surface area contributed by atoms with Gasteiger partial charge in [-0.1, -0.05) is 0 Å². The van der Waals surface area contributed by atoms with E-state index in [1.165, 1.54) is 0 Å². The number of morpholine rings is 1. The van der Waals surface area contributed by atoms with Gasteiger partial charge in [-0.15, -0.1) is 0 Å². The number of amides is 1. The first-order valence-corrected chi connectivity index (χ1v) is 6.09. The molecule has 0 aromatic rings. The third-order valence-electron chi connectivity index (χ3n) is 3.44. The van der Waals surface area contributed by atoms with Crippen LogP contribution in [0.3, 0.4) is 0 Å². The van der Waals surface area contributed by atoms with Gasteiger partial charge < -0.3 is 14.7 Å². The Morgan fingerprint density at radius 2 is 2.11 bits per heavy atom. The molecule has 1 heterocycles. The summed E-state index contributed by atoms with van der Waals surface area (Å²) in [7, 11) is 1.65. The molecular formula is C12H22N2O4.